The van der Waals surface area contributed by atoms with E-state index in [0.717, 1.165) is 41.0 Å². The van der Waals surface area contributed by atoms with Crippen LogP contribution in [0.5, 0.6) is 5.75 Å². The molecule has 0 aliphatic carbocycles. The first kappa shape index (κ1) is 17.2. The number of rotatable bonds is 2. The number of benzene rings is 2. The Balaban J connectivity index is 1.54. The smallest absolute Gasteiger partial charge is 0.326 e. The normalized spacial score (nSPS) is 15.2. The monoisotopic (exact) mass is 369 g/mol. The number of hydrogen-bond donors (Lipinski definition) is 1. The van der Waals surface area contributed by atoms with Crippen molar-refractivity contribution in [2.75, 3.05) is 18.5 Å². The number of aryl methyl sites for hydroxylation is 1. The molecule has 2 aromatic carbocycles. The van der Waals surface area contributed by atoms with Gasteiger partial charge in [0.25, 0.3) is 0 Å². The Morgan fingerprint density at radius 2 is 2.04 bits per heavy atom. The molecule has 2 amide bonds. The fourth-order valence-electron chi connectivity index (χ4n) is 3.19. The van der Waals surface area contributed by atoms with E-state index < -0.39 is 23.4 Å². The summed E-state index contributed by atoms with van der Waals surface area (Å²) in [6.45, 7) is 2.81. The number of amides is 2. The molecule has 2 heterocycles. The molecular formula is C20H17F2N3O2. The molecule has 0 bridgehead atoms. The highest BCUT2D eigenvalue weighted by molar-refractivity contribution is 6.06. The Bertz CT molecular complexity index is 965. The molecule has 0 unspecified atom stereocenters. The highest BCUT2D eigenvalue weighted by Gasteiger charge is 2.22. The second kappa shape index (κ2) is 6.83. The molecule has 0 radical (unpaired) electrons. The Morgan fingerprint density at radius 1 is 1.26 bits per heavy atom. The average Bonchev–Trinajstić information content (AvgIpc) is 3.11. The zero-order valence-electron chi connectivity index (χ0n) is 14.6. The predicted molar refractivity (Wildman–Crippen MR) is 98.1 cm³/mol. The topological polar surface area (TPSA) is 53.9 Å². The number of nitrogens with zero attached hydrogens (tertiary/aromatic N) is 2. The van der Waals surface area contributed by atoms with E-state index in [1.807, 2.05) is 19.1 Å². The Labute approximate surface area is 155 Å². The van der Waals surface area contributed by atoms with Crippen LogP contribution < -0.4 is 10.1 Å². The molecule has 2 aliphatic rings. The minimum Gasteiger partial charge on any atom is -0.493 e. The summed E-state index contributed by atoms with van der Waals surface area (Å²) < 4.78 is 33.1. The number of ether oxygens (including phenoxy) is 1. The van der Waals surface area contributed by atoms with Crippen molar-refractivity contribution in [1.29, 1.82) is 0 Å². The quantitative estimate of drug-likeness (QED) is 0.869. The number of carbonyl (C=O) groups excluding carboxylic acids is 1. The number of hydrogen-bond acceptors (Lipinski definition) is 3. The van der Waals surface area contributed by atoms with Crippen LogP contribution >= 0.6 is 0 Å². The molecule has 27 heavy (non-hydrogen) atoms. The van der Waals surface area contributed by atoms with Crippen LogP contribution in [0.15, 0.2) is 47.7 Å². The van der Waals surface area contributed by atoms with Gasteiger partial charge in [-0.15, -0.1) is 0 Å². The molecule has 0 aromatic heterocycles. The second-order valence-electron chi connectivity index (χ2n) is 6.40. The fourth-order valence-corrected chi connectivity index (χ4v) is 3.19. The summed E-state index contributed by atoms with van der Waals surface area (Å²) in [5.74, 6) is -0.770. The lowest BCUT2D eigenvalue weighted by atomic mass is 9.99. The lowest BCUT2D eigenvalue weighted by Gasteiger charge is -2.23. The van der Waals surface area contributed by atoms with E-state index in [1.54, 1.807) is 0 Å². The van der Waals surface area contributed by atoms with E-state index >= 15 is 0 Å². The van der Waals surface area contributed by atoms with E-state index in [1.165, 1.54) is 23.4 Å². The zero-order chi connectivity index (χ0) is 19.0. The molecule has 2 aliphatic heterocycles. The van der Waals surface area contributed by atoms with Gasteiger partial charge in [0.15, 0.2) is 0 Å². The molecule has 5 nitrogen and oxygen atoms in total. The SMILES string of the molecule is Cc1cc2c(cc1C1=NC=CN(C(=O)Nc3c(F)cccc3F)C1)CCO2. The van der Waals surface area contributed by atoms with Gasteiger partial charge in [-0.1, -0.05) is 6.07 Å². The van der Waals surface area contributed by atoms with Gasteiger partial charge in [0.2, 0.25) is 0 Å². The lowest BCUT2D eigenvalue weighted by Crippen LogP contribution is -2.37. The van der Waals surface area contributed by atoms with Crippen LogP contribution in [0.2, 0.25) is 0 Å². The first-order valence-corrected chi connectivity index (χ1v) is 8.54. The number of nitrogens with one attached hydrogen (secondary N) is 1. The average molecular weight is 369 g/mol. The van der Waals surface area contributed by atoms with Crippen LogP contribution in [-0.4, -0.2) is 29.8 Å². The Morgan fingerprint density at radius 3 is 2.81 bits per heavy atom. The van der Waals surface area contributed by atoms with Gasteiger partial charge in [0, 0.05) is 24.4 Å². The van der Waals surface area contributed by atoms with E-state index in [4.69, 9.17) is 4.74 Å². The maximum atomic E-state index is 13.8. The molecule has 0 spiro atoms. The van der Waals surface area contributed by atoms with Gasteiger partial charge in [-0.3, -0.25) is 9.89 Å². The lowest BCUT2D eigenvalue weighted by molar-refractivity contribution is 0.232. The van der Waals surface area contributed by atoms with Gasteiger partial charge >= 0.3 is 6.03 Å². The maximum Gasteiger partial charge on any atom is 0.326 e. The maximum absolute atomic E-state index is 13.8. The van der Waals surface area contributed by atoms with Crippen molar-refractivity contribution in [3.05, 3.63) is 71.1 Å². The summed E-state index contributed by atoms with van der Waals surface area (Å²) in [6.07, 6.45) is 3.81. The number of aliphatic imine (C=N–C) groups is 1. The third-order valence-corrected chi connectivity index (χ3v) is 4.60. The Hall–Kier alpha value is -3.22. The number of halogens is 2. The summed E-state index contributed by atoms with van der Waals surface area (Å²) in [4.78, 5) is 18.2. The first-order chi connectivity index (χ1) is 13.0. The fraction of sp³-hybridized carbons (Fsp3) is 0.200. The van der Waals surface area contributed by atoms with Gasteiger partial charge < -0.3 is 10.1 Å². The Kier molecular flexibility index (Phi) is 4.35. The van der Waals surface area contributed by atoms with Crippen LogP contribution in [0, 0.1) is 18.6 Å². The number of fused-ring (bicyclic) bond motifs is 1. The second-order valence-corrected chi connectivity index (χ2v) is 6.40. The van der Waals surface area contributed by atoms with E-state index in [0.29, 0.717) is 12.3 Å². The standard InChI is InChI=1S/C20H17F2N3O2/c1-12-9-18-13(5-8-27-18)10-14(12)17-11-25(7-6-23-17)20(26)24-19-15(21)3-2-4-16(19)22/h2-4,6-7,9-10H,5,8,11H2,1H3,(H,24,26). The number of para-hydroxylation sites is 1. The van der Waals surface area contributed by atoms with Crippen molar-refractivity contribution >= 4 is 17.4 Å². The van der Waals surface area contributed by atoms with Gasteiger partial charge in [0.1, 0.15) is 23.1 Å². The molecule has 0 saturated carbocycles. The predicted octanol–water partition coefficient (Wildman–Crippen LogP) is 4.02. The molecule has 138 valence electrons. The summed E-state index contributed by atoms with van der Waals surface area (Å²) in [5.41, 5.74) is 3.26. The van der Waals surface area contributed by atoms with Crippen molar-refractivity contribution in [3.8, 4) is 5.75 Å². The number of anilines is 1. The highest BCUT2D eigenvalue weighted by Crippen LogP contribution is 2.29. The third-order valence-electron chi connectivity index (χ3n) is 4.60. The van der Waals surface area contributed by atoms with E-state index in [2.05, 4.69) is 10.3 Å². The van der Waals surface area contributed by atoms with Crippen LogP contribution in [0.4, 0.5) is 19.3 Å². The van der Waals surface area contributed by atoms with Crippen molar-refractivity contribution in [2.45, 2.75) is 13.3 Å². The number of urea groups is 1. The number of carbonyl (C=O) groups is 1. The molecule has 2 aromatic rings. The van der Waals surface area contributed by atoms with Crippen molar-refractivity contribution in [3.63, 3.8) is 0 Å². The minimum absolute atomic E-state index is 0.193. The van der Waals surface area contributed by atoms with Crippen LogP contribution in [0.1, 0.15) is 16.7 Å². The largest absolute Gasteiger partial charge is 0.493 e. The first-order valence-electron chi connectivity index (χ1n) is 8.54. The van der Waals surface area contributed by atoms with Gasteiger partial charge in [-0.2, -0.15) is 0 Å². The summed E-state index contributed by atoms with van der Waals surface area (Å²) in [5, 5.41) is 2.29. The van der Waals surface area contributed by atoms with Crippen LogP contribution in [0.25, 0.3) is 0 Å². The van der Waals surface area contributed by atoms with Crippen molar-refractivity contribution in [2.24, 2.45) is 4.99 Å². The molecule has 1 N–H and O–H groups in total. The summed E-state index contributed by atoms with van der Waals surface area (Å²) >= 11 is 0. The summed E-state index contributed by atoms with van der Waals surface area (Å²) in [7, 11) is 0. The molecule has 0 atom stereocenters. The van der Waals surface area contributed by atoms with Gasteiger partial charge in [-0.25, -0.2) is 13.6 Å². The minimum atomic E-state index is -0.826. The van der Waals surface area contributed by atoms with Crippen molar-refractivity contribution in [1.82, 2.24) is 4.90 Å². The molecule has 7 heteroatoms. The zero-order valence-corrected chi connectivity index (χ0v) is 14.6. The van der Waals surface area contributed by atoms with Crippen molar-refractivity contribution < 1.29 is 18.3 Å². The van der Waals surface area contributed by atoms with E-state index in [9.17, 15) is 13.6 Å². The third kappa shape index (κ3) is 3.28. The molecular weight excluding hydrogens is 352 g/mol. The molecule has 0 saturated heterocycles. The summed E-state index contributed by atoms with van der Waals surface area (Å²) in [6, 6.07) is 6.79. The van der Waals surface area contributed by atoms with Crippen LogP contribution in [-0.2, 0) is 6.42 Å². The van der Waals surface area contributed by atoms with Gasteiger partial charge in [-0.05, 0) is 42.3 Å². The highest BCUT2D eigenvalue weighted by atomic mass is 19.1. The molecule has 0 fully saturated rings. The van der Waals surface area contributed by atoms with E-state index in [-0.39, 0.29) is 6.54 Å². The van der Waals surface area contributed by atoms with Crippen LogP contribution in [0.3, 0.4) is 0 Å². The van der Waals surface area contributed by atoms with Gasteiger partial charge in [0.05, 0.1) is 18.9 Å². The molecule has 4 rings (SSSR count).